The maximum atomic E-state index is 11.9. The highest BCUT2D eigenvalue weighted by Crippen LogP contribution is 2.30. The Kier molecular flexibility index (Phi) is 4.24. The maximum Gasteiger partial charge on any atom is 0.330 e. The van der Waals surface area contributed by atoms with Gasteiger partial charge < -0.3 is 9.88 Å². The topological polar surface area (TPSA) is 56.0 Å². The Hall–Kier alpha value is -1.36. The Labute approximate surface area is 113 Å². The Morgan fingerprint density at radius 1 is 1.32 bits per heavy atom. The quantitative estimate of drug-likeness (QED) is 0.868. The molecule has 5 heteroatoms. The summed E-state index contributed by atoms with van der Waals surface area (Å²) in [6.07, 6.45) is 5.54. The van der Waals surface area contributed by atoms with Gasteiger partial charge in [-0.2, -0.15) is 0 Å². The van der Waals surface area contributed by atoms with E-state index in [4.69, 9.17) is 0 Å². The molecule has 1 aliphatic carbocycles. The van der Waals surface area contributed by atoms with Gasteiger partial charge in [-0.05, 0) is 24.8 Å². The van der Waals surface area contributed by atoms with Crippen molar-refractivity contribution in [2.45, 2.75) is 32.7 Å². The molecule has 2 rings (SSSR count). The average molecular weight is 265 g/mol. The summed E-state index contributed by atoms with van der Waals surface area (Å²) in [6.45, 7) is 3.78. The summed E-state index contributed by atoms with van der Waals surface area (Å²) in [5.74, 6) is 1.49. The molecule has 2 atom stereocenters. The molecule has 1 fully saturated rings. The smallest absolute Gasteiger partial charge is 0.312 e. The van der Waals surface area contributed by atoms with Crippen LogP contribution in [-0.4, -0.2) is 15.7 Å². The van der Waals surface area contributed by atoms with E-state index in [1.54, 1.807) is 13.2 Å². The molecular weight excluding hydrogens is 242 g/mol. The van der Waals surface area contributed by atoms with Crippen LogP contribution in [0.2, 0.25) is 0 Å². The van der Waals surface area contributed by atoms with E-state index in [0.29, 0.717) is 12.1 Å². The van der Waals surface area contributed by atoms with Gasteiger partial charge in [0.25, 0.3) is 5.56 Å². The van der Waals surface area contributed by atoms with Gasteiger partial charge in [-0.1, -0.05) is 19.8 Å². The van der Waals surface area contributed by atoms with E-state index in [2.05, 4.69) is 12.2 Å². The molecule has 1 heterocycles. The minimum Gasteiger partial charge on any atom is -0.312 e. The van der Waals surface area contributed by atoms with E-state index >= 15 is 0 Å². The van der Waals surface area contributed by atoms with Gasteiger partial charge in [-0.15, -0.1) is 0 Å². The fourth-order valence-corrected chi connectivity index (χ4v) is 2.92. The van der Waals surface area contributed by atoms with Crippen molar-refractivity contribution in [1.82, 2.24) is 14.5 Å². The maximum absolute atomic E-state index is 11.9. The zero-order valence-corrected chi connectivity index (χ0v) is 12.0. The van der Waals surface area contributed by atoms with Crippen molar-refractivity contribution in [2.24, 2.45) is 25.9 Å². The predicted molar refractivity (Wildman–Crippen MR) is 75.1 cm³/mol. The number of rotatable bonds is 4. The number of aryl methyl sites for hydroxylation is 1. The van der Waals surface area contributed by atoms with E-state index in [-0.39, 0.29) is 11.2 Å². The highest BCUT2D eigenvalue weighted by Gasteiger charge is 2.22. The fraction of sp³-hybridized carbons (Fsp3) is 0.714. The first-order valence-corrected chi connectivity index (χ1v) is 6.97. The standard InChI is InChI=1S/C14H23N3O2/c1-10-5-4-6-11(10)7-15-8-12-9-16(2)14(19)17(3)13(12)18/h9-11,15H,4-8H2,1-3H3. The summed E-state index contributed by atoms with van der Waals surface area (Å²) in [5.41, 5.74) is 0.170. The van der Waals surface area contributed by atoms with Crippen molar-refractivity contribution in [3.63, 3.8) is 0 Å². The number of nitrogens with zero attached hydrogens (tertiary/aromatic N) is 2. The summed E-state index contributed by atoms with van der Waals surface area (Å²) in [6, 6.07) is 0. The van der Waals surface area contributed by atoms with Crippen LogP contribution in [0.25, 0.3) is 0 Å². The molecule has 1 aromatic heterocycles. The second-order valence-electron chi connectivity index (χ2n) is 5.71. The molecule has 0 radical (unpaired) electrons. The summed E-state index contributed by atoms with van der Waals surface area (Å²) >= 11 is 0. The van der Waals surface area contributed by atoms with Gasteiger partial charge in [0.1, 0.15) is 0 Å². The molecule has 1 saturated carbocycles. The van der Waals surface area contributed by atoms with Crippen LogP contribution in [0, 0.1) is 11.8 Å². The second kappa shape index (κ2) is 5.74. The molecule has 2 unspecified atom stereocenters. The van der Waals surface area contributed by atoms with E-state index in [1.807, 2.05) is 0 Å². The summed E-state index contributed by atoms with van der Waals surface area (Å²) in [7, 11) is 3.19. The summed E-state index contributed by atoms with van der Waals surface area (Å²) < 4.78 is 2.62. The first-order chi connectivity index (χ1) is 9.00. The second-order valence-corrected chi connectivity index (χ2v) is 5.71. The van der Waals surface area contributed by atoms with Crippen LogP contribution >= 0.6 is 0 Å². The highest BCUT2D eigenvalue weighted by molar-refractivity contribution is 5.05. The van der Waals surface area contributed by atoms with Crippen LogP contribution in [0.15, 0.2) is 15.8 Å². The molecule has 1 aromatic rings. The number of nitrogens with one attached hydrogen (secondary N) is 1. The van der Waals surface area contributed by atoms with Crippen molar-refractivity contribution in [2.75, 3.05) is 6.54 Å². The van der Waals surface area contributed by atoms with Crippen molar-refractivity contribution in [3.8, 4) is 0 Å². The van der Waals surface area contributed by atoms with E-state index in [9.17, 15) is 9.59 Å². The minimum absolute atomic E-state index is 0.199. The fourth-order valence-electron chi connectivity index (χ4n) is 2.92. The van der Waals surface area contributed by atoms with Crippen LogP contribution in [-0.2, 0) is 20.6 Å². The zero-order valence-electron chi connectivity index (χ0n) is 12.0. The van der Waals surface area contributed by atoms with Crippen molar-refractivity contribution in [3.05, 3.63) is 32.6 Å². The predicted octanol–water partition coefficient (Wildman–Crippen LogP) is 0.610. The summed E-state index contributed by atoms with van der Waals surface area (Å²) in [4.78, 5) is 23.5. The molecule has 19 heavy (non-hydrogen) atoms. The van der Waals surface area contributed by atoms with Crippen LogP contribution in [0.4, 0.5) is 0 Å². The lowest BCUT2D eigenvalue weighted by atomic mass is 9.98. The normalized spacial score (nSPS) is 22.9. The first-order valence-electron chi connectivity index (χ1n) is 6.97. The third-order valence-electron chi connectivity index (χ3n) is 4.28. The molecule has 1 N–H and O–H groups in total. The number of hydrogen-bond donors (Lipinski definition) is 1. The molecule has 0 aromatic carbocycles. The summed E-state index contributed by atoms with van der Waals surface area (Å²) in [5, 5.41) is 3.36. The molecule has 0 bridgehead atoms. The largest absolute Gasteiger partial charge is 0.330 e. The molecule has 0 amide bonds. The molecule has 0 spiro atoms. The molecule has 0 aliphatic heterocycles. The van der Waals surface area contributed by atoms with Gasteiger partial charge in [-0.3, -0.25) is 9.36 Å². The molecule has 1 aliphatic rings. The number of aromatic nitrogens is 2. The third kappa shape index (κ3) is 2.97. The van der Waals surface area contributed by atoms with E-state index in [0.717, 1.165) is 22.9 Å². The third-order valence-corrected chi connectivity index (χ3v) is 4.28. The van der Waals surface area contributed by atoms with Crippen LogP contribution in [0.1, 0.15) is 31.7 Å². The molecule has 106 valence electrons. The van der Waals surface area contributed by atoms with Gasteiger partial charge in [-0.25, -0.2) is 4.79 Å². The van der Waals surface area contributed by atoms with Crippen molar-refractivity contribution in [1.29, 1.82) is 0 Å². The Morgan fingerprint density at radius 3 is 2.68 bits per heavy atom. The van der Waals surface area contributed by atoms with E-state index in [1.165, 1.54) is 30.9 Å². The van der Waals surface area contributed by atoms with Gasteiger partial charge in [0.15, 0.2) is 0 Å². The van der Waals surface area contributed by atoms with Gasteiger partial charge >= 0.3 is 5.69 Å². The SMILES string of the molecule is CC1CCCC1CNCc1cn(C)c(=O)n(C)c1=O. The Morgan fingerprint density at radius 2 is 2.05 bits per heavy atom. The molecule has 5 nitrogen and oxygen atoms in total. The van der Waals surface area contributed by atoms with Gasteiger partial charge in [0.05, 0.1) is 0 Å². The van der Waals surface area contributed by atoms with Crippen LogP contribution < -0.4 is 16.6 Å². The Bertz CT molecular complexity index is 559. The monoisotopic (exact) mass is 265 g/mol. The Balaban J connectivity index is 2.00. The molecule has 0 saturated heterocycles. The van der Waals surface area contributed by atoms with Gasteiger partial charge in [0, 0.05) is 32.4 Å². The average Bonchev–Trinajstić information content (AvgIpc) is 2.79. The number of hydrogen-bond acceptors (Lipinski definition) is 3. The lowest BCUT2D eigenvalue weighted by molar-refractivity contribution is 0.391. The van der Waals surface area contributed by atoms with E-state index < -0.39 is 0 Å². The van der Waals surface area contributed by atoms with Crippen molar-refractivity contribution < 1.29 is 0 Å². The molecular formula is C14H23N3O2. The van der Waals surface area contributed by atoms with Crippen molar-refractivity contribution >= 4 is 0 Å². The van der Waals surface area contributed by atoms with Crippen LogP contribution in [0.5, 0.6) is 0 Å². The lowest BCUT2D eigenvalue weighted by Crippen LogP contribution is -2.39. The highest BCUT2D eigenvalue weighted by atomic mass is 16.2. The lowest BCUT2D eigenvalue weighted by Gasteiger charge is -2.16. The van der Waals surface area contributed by atoms with Gasteiger partial charge in [0.2, 0.25) is 0 Å². The zero-order chi connectivity index (χ0) is 14.0. The van der Waals surface area contributed by atoms with Crippen LogP contribution in [0.3, 0.4) is 0 Å². The first kappa shape index (κ1) is 14.1. The minimum atomic E-state index is -0.279.